The number of hydrogen-bond acceptors (Lipinski definition) is 4. The van der Waals surface area contributed by atoms with Gasteiger partial charge in [0.05, 0.1) is 16.2 Å². The number of nitrogens with zero attached hydrogens (tertiary/aromatic N) is 3. The second-order valence-electron chi connectivity index (χ2n) is 6.97. The molecule has 1 aliphatic heterocycles. The number of halogens is 7. The number of alkyl halides is 6. The molecule has 1 aliphatic rings. The second kappa shape index (κ2) is 7.25. The average Bonchev–Trinajstić information content (AvgIpc) is 2.92. The Kier molecular flexibility index (Phi) is 5.38. The summed E-state index contributed by atoms with van der Waals surface area (Å²) in [6.07, 6.45) is -9.42. The standard InChI is InChI=1S/C17H16ClF6N5/c1-7-10(18)11-12(27-7)13(9(6-25)15(28-11)17(22,23)24)29-4-2-8(3-5-29)14(26)16(19,20)21/h8,14,27H,2-5,26H2,1H3/t14-/m0/s1. The Morgan fingerprint density at radius 3 is 2.31 bits per heavy atom. The molecule has 5 nitrogen and oxygen atoms in total. The maximum absolute atomic E-state index is 13.5. The van der Waals surface area contributed by atoms with Gasteiger partial charge in [-0.05, 0) is 25.7 Å². The van der Waals surface area contributed by atoms with Crippen LogP contribution in [0.15, 0.2) is 0 Å². The van der Waals surface area contributed by atoms with Gasteiger partial charge in [-0.2, -0.15) is 31.6 Å². The molecular formula is C17H16ClF6N5. The van der Waals surface area contributed by atoms with Gasteiger partial charge >= 0.3 is 12.4 Å². The number of aryl methyl sites for hydroxylation is 1. The lowest BCUT2D eigenvalue weighted by molar-refractivity contribution is -0.160. The predicted molar refractivity (Wildman–Crippen MR) is 94.5 cm³/mol. The minimum Gasteiger partial charge on any atom is -0.369 e. The van der Waals surface area contributed by atoms with Crippen molar-refractivity contribution < 1.29 is 26.3 Å². The van der Waals surface area contributed by atoms with Crippen molar-refractivity contribution in [2.75, 3.05) is 18.0 Å². The van der Waals surface area contributed by atoms with Crippen molar-refractivity contribution in [1.82, 2.24) is 9.97 Å². The Morgan fingerprint density at radius 2 is 1.83 bits per heavy atom. The zero-order valence-electron chi connectivity index (χ0n) is 15.0. The highest BCUT2D eigenvalue weighted by molar-refractivity contribution is 6.36. The van der Waals surface area contributed by atoms with Gasteiger partial charge in [0.25, 0.3) is 0 Å². The van der Waals surface area contributed by atoms with E-state index in [9.17, 15) is 31.6 Å². The zero-order chi connectivity index (χ0) is 21.7. The smallest absolute Gasteiger partial charge is 0.369 e. The fourth-order valence-corrected chi connectivity index (χ4v) is 3.83. The molecule has 0 unspecified atom stereocenters. The number of pyridine rings is 1. The van der Waals surface area contributed by atoms with Gasteiger partial charge < -0.3 is 15.6 Å². The van der Waals surface area contributed by atoms with Gasteiger partial charge in [0.1, 0.15) is 23.2 Å². The lowest BCUT2D eigenvalue weighted by Crippen LogP contribution is -2.48. The van der Waals surface area contributed by atoms with E-state index in [0.29, 0.717) is 5.69 Å². The SMILES string of the molecule is Cc1[nH]c2c(N3CCC([C@H](N)C(F)(F)F)CC3)c(C#N)c(C(F)(F)F)nc2c1Cl. The third-order valence-corrected chi connectivity index (χ3v) is 5.60. The Bertz CT molecular complexity index is 966. The average molecular weight is 440 g/mol. The third-order valence-electron chi connectivity index (χ3n) is 5.14. The molecule has 0 amide bonds. The number of aromatic nitrogens is 2. The molecule has 3 N–H and O–H groups in total. The molecule has 1 atom stereocenters. The van der Waals surface area contributed by atoms with Gasteiger partial charge in [-0.1, -0.05) is 11.6 Å². The highest BCUT2D eigenvalue weighted by Crippen LogP contribution is 2.42. The van der Waals surface area contributed by atoms with Gasteiger partial charge in [-0.15, -0.1) is 0 Å². The maximum Gasteiger partial charge on any atom is 0.434 e. The summed E-state index contributed by atoms with van der Waals surface area (Å²) in [5.74, 6) is -0.856. The van der Waals surface area contributed by atoms with Crippen molar-refractivity contribution >= 4 is 28.3 Å². The number of piperidine rings is 1. The van der Waals surface area contributed by atoms with Crippen molar-refractivity contribution in [2.24, 2.45) is 11.7 Å². The molecule has 29 heavy (non-hydrogen) atoms. The van der Waals surface area contributed by atoms with Crippen LogP contribution in [0.3, 0.4) is 0 Å². The van der Waals surface area contributed by atoms with Crippen LogP contribution in [-0.4, -0.2) is 35.3 Å². The fourth-order valence-electron chi connectivity index (χ4n) is 3.65. The molecule has 0 radical (unpaired) electrons. The van der Waals surface area contributed by atoms with E-state index in [2.05, 4.69) is 9.97 Å². The molecule has 1 saturated heterocycles. The molecule has 3 heterocycles. The van der Waals surface area contributed by atoms with E-state index >= 15 is 0 Å². The molecule has 2 aromatic heterocycles. The highest BCUT2D eigenvalue weighted by Gasteiger charge is 2.44. The van der Waals surface area contributed by atoms with Crippen molar-refractivity contribution in [3.05, 3.63) is 22.0 Å². The topological polar surface area (TPSA) is 81.7 Å². The number of nitrogens with one attached hydrogen (secondary N) is 1. The highest BCUT2D eigenvalue weighted by atomic mass is 35.5. The molecule has 0 spiro atoms. The molecule has 158 valence electrons. The minimum atomic E-state index is -4.90. The minimum absolute atomic E-state index is 0.00906. The molecule has 12 heteroatoms. The number of nitriles is 1. The van der Waals surface area contributed by atoms with E-state index in [1.807, 2.05) is 0 Å². The summed E-state index contributed by atoms with van der Waals surface area (Å²) < 4.78 is 79.2. The quantitative estimate of drug-likeness (QED) is 0.674. The second-order valence-corrected chi connectivity index (χ2v) is 7.35. The normalized spacial score (nSPS) is 17.6. The molecular weight excluding hydrogens is 424 g/mol. The van der Waals surface area contributed by atoms with Crippen LogP contribution >= 0.6 is 11.6 Å². The third kappa shape index (κ3) is 3.83. The van der Waals surface area contributed by atoms with Crippen LogP contribution in [0.25, 0.3) is 11.0 Å². The fraction of sp³-hybridized carbons (Fsp3) is 0.529. The molecule has 2 aromatic rings. The summed E-state index contributed by atoms with van der Waals surface area (Å²) in [5.41, 5.74) is 3.53. The molecule has 0 aromatic carbocycles. The summed E-state index contributed by atoms with van der Waals surface area (Å²) in [6.45, 7) is 1.56. The summed E-state index contributed by atoms with van der Waals surface area (Å²) >= 11 is 6.08. The monoisotopic (exact) mass is 439 g/mol. The van der Waals surface area contributed by atoms with Crippen molar-refractivity contribution in [3.8, 4) is 6.07 Å². The van der Waals surface area contributed by atoms with Crippen LogP contribution in [0.1, 0.15) is 29.8 Å². The first-order chi connectivity index (χ1) is 13.4. The van der Waals surface area contributed by atoms with E-state index in [4.69, 9.17) is 17.3 Å². The molecule has 3 rings (SSSR count). The maximum atomic E-state index is 13.5. The predicted octanol–water partition coefficient (Wildman–Crippen LogP) is 4.52. The summed E-state index contributed by atoms with van der Waals surface area (Å²) in [6, 6.07) is -0.454. The number of aromatic amines is 1. The molecule has 0 saturated carbocycles. The number of rotatable bonds is 2. The van der Waals surface area contributed by atoms with Gasteiger partial charge in [-0.25, -0.2) is 4.98 Å². The van der Waals surface area contributed by atoms with Gasteiger partial charge in [0.15, 0.2) is 5.69 Å². The number of nitrogens with two attached hydrogens (primary N) is 1. The number of fused-ring (bicyclic) bond motifs is 1. The van der Waals surface area contributed by atoms with Crippen molar-refractivity contribution in [3.63, 3.8) is 0 Å². The van der Waals surface area contributed by atoms with Crippen molar-refractivity contribution in [2.45, 2.75) is 38.2 Å². The van der Waals surface area contributed by atoms with Crippen LogP contribution in [0.4, 0.5) is 32.0 Å². The summed E-state index contributed by atoms with van der Waals surface area (Å²) in [4.78, 5) is 7.87. The van der Waals surface area contributed by atoms with E-state index in [0.717, 1.165) is 0 Å². The molecule has 1 fully saturated rings. The van der Waals surface area contributed by atoms with Crippen LogP contribution in [0, 0.1) is 24.2 Å². The zero-order valence-corrected chi connectivity index (χ0v) is 15.8. The summed E-state index contributed by atoms with van der Waals surface area (Å²) in [5, 5.41) is 9.43. The number of anilines is 1. The van der Waals surface area contributed by atoms with E-state index < -0.39 is 35.6 Å². The van der Waals surface area contributed by atoms with E-state index in [-0.39, 0.29) is 47.7 Å². The first-order valence-electron chi connectivity index (χ1n) is 8.62. The van der Waals surface area contributed by atoms with E-state index in [1.165, 1.54) is 4.90 Å². The number of H-pyrrole nitrogens is 1. The van der Waals surface area contributed by atoms with Crippen LogP contribution < -0.4 is 10.6 Å². The molecule has 0 bridgehead atoms. The lowest BCUT2D eigenvalue weighted by Gasteiger charge is -2.37. The lowest BCUT2D eigenvalue weighted by atomic mass is 9.89. The Balaban J connectivity index is 2.08. The van der Waals surface area contributed by atoms with E-state index in [1.54, 1.807) is 13.0 Å². The van der Waals surface area contributed by atoms with Crippen LogP contribution in [0.2, 0.25) is 5.02 Å². The van der Waals surface area contributed by atoms with Crippen LogP contribution in [-0.2, 0) is 6.18 Å². The van der Waals surface area contributed by atoms with Crippen molar-refractivity contribution in [1.29, 1.82) is 5.26 Å². The molecule has 0 aliphatic carbocycles. The first-order valence-corrected chi connectivity index (χ1v) is 9.00. The van der Waals surface area contributed by atoms with Gasteiger partial charge in [0.2, 0.25) is 0 Å². The first kappa shape index (κ1) is 21.5. The van der Waals surface area contributed by atoms with Crippen LogP contribution in [0.5, 0.6) is 0 Å². The Labute approximate surface area is 166 Å². The number of hydrogen-bond donors (Lipinski definition) is 2. The Hall–Kier alpha value is -2.19. The largest absolute Gasteiger partial charge is 0.434 e. The van der Waals surface area contributed by atoms with Gasteiger partial charge in [-0.3, -0.25) is 0 Å². The van der Waals surface area contributed by atoms with Gasteiger partial charge in [0, 0.05) is 18.8 Å². The summed E-state index contributed by atoms with van der Waals surface area (Å²) in [7, 11) is 0. The Morgan fingerprint density at radius 1 is 1.24 bits per heavy atom.